The highest BCUT2D eigenvalue weighted by atomic mass is 16.1. The Morgan fingerprint density at radius 2 is 2.05 bits per heavy atom. The third-order valence-electron chi connectivity index (χ3n) is 4.12. The largest absolute Gasteiger partial charge is 0.299 e. The van der Waals surface area contributed by atoms with E-state index >= 15 is 0 Å². The van der Waals surface area contributed by atoms with Gasteiger partial charge >= 0.3 is 0 Å². The van der Waals surface area contributed by atoms with Gasteiger partial charge in [-0.05, 0) is 51.4 Å². The minimum Gasteiger partial charge on any atom is -0.299 e. The summed E-state index contributed by atoms with van der Waals surface area (Å²) in [6.07, 6.45) is 9.47. The van der Waals surface area contributed by atoms with E-state index in [0.29, 0.717) is 23.5 Å². The first-order chi connectivity index (χ1) is 8.80. The van der Waals surface area contributed by atoms with Crippen LogP contribution in [0.3, 0.4) is 0 Å². The molecule has 1 unspecified atom stereocenters. The molecule has 0 aromatic heterocycles. The fraction of sp³-hybridized carbons (Fsp3) is 0.722. The van der Waals surface area contributed by atoms with Crippen molar-refractivity contribution >= 4 is 5.78 Å². The number of rotatable bonds is 6. The average Bonchev–Trinajstić information content (AvgIpc) is 2.26. The molecule has 108 valence electrons. The lowest BCUT2D eigenvalue weighted by molar-refractivity contribution is -0.124. The van der Waals surface area contributed by atoms with Crippen molar-refractivity contribution in [1.82, 2.24) is 0 Å². The van der Waals surface area contributed by atoms with E-state index in [-0.39, 0.29) is 0 Å². The van der Waals surface area contributed by atoms with E-state index in [1.54, 1.807) is 0 Å². The maximum Gasteiger partial charge on any atom is 0.136 e. The molecule has 1 aliphatic rings. The number of carbonyl (C=O) groups excluding carboxylic acids is 1. The van der Waals surface area contributed by atoms with Crippen molar-refractivity contribution in [1.29, 1.82) is 0 Å². The lowest BCUT2D eigenvalue weighted by Crippen LogP contribution is -2.27. The zero-order valence-corrected chi connectivity index (χ0v) is 13.2. The molecule has 0 saturated heterocycles. The van der Waals surface area contributed by atoms with Gasteiger partial charge in [-0.15, -0.1) is 0 Å². The van der Waals surface area contributed by atoms with E-state index in [9.17, 15) is 4.79 Å². The van der Waals surface area contributed by atoms with Crippen LogP contribution in [0.15, 0.2) is 23.8 Å². The summed E-state index contributed by atoms with van der Waals surface area (Å²) in [4.78, 5) is 12.2. The molecule has 1 aliphatic carbocycles. The van der Waals surface area contributed by atoms with Crippen LogP contribution in [0.2, 0.25) is 0 Å². The van der Waals surface area contributed by atoms with Crippen LogP contribution in [0.4, 0.5) is 0 Å². The van der Waals surface area contributed by atoms with Gasteiger partial charge in [0.05, 0.1) is 0 Å². The Labute approximate surface area is 119 Å². The molecule has 19 heavy (non-hydrogen) atoms. The summed E-state index contributed by atoms with van der Waals surface area (Å²) in [6.45, 7) is 12.7. The van der Waals surface area contributed by atoms with E-state index in [4.69, 9.17) is 0 Å². The Bertz CT molecular complexity index is 360. The summed E-state index contributed by atoms with van der Waals surface area (Å²) in [7, 11) is 0. The van der Waals surface area contributed by atoms with Crippen molar-refractivity contribution in [2.45, 2.75) is 72.6 Å². The van der Waals surface area contributed by atoms with Crippen LogP contribution in [-0.4, -0.2) is 5.78 Å². The van der Waals surface area contributed by atoms with Crippen molar-refractivity contribution in [2.75, 3.05) is 0 Å². The molecule has 0 aromatic carbocycles. The van der Waals surface area contributed by atoms with Gasteiger partial charge in [0, 0.05) is 12.3 Å². The average molecular weight is 262 g/mol. The Hall–Kier alpha value is -0.850. The van der Waals surface area contributed by atoms with Crippen molar-refractivity contribution in [2.24, 2.45) is 11.3 Å². The van der Waals surface area contributed by atoms with Gasteiger partial charge < -0.3 is 0 Å². The first-order valence-electron chi connectivity index (χ1n) is 7.63. The molecule has 0 spiro atoms. The second kappa shape index (κ2) is 7.07. The standard InChI is InChI=1S/C18H30O/c1-14(2)12-15(3)8-6-10-17(19)16-9-7-11-18(4,5)13-16/h8,16H,1,6-7,9-13H2,2-5H3. The summed E-state index contributed by atoms with van der Waals surface area (Å²) in [5.41, 5.74) is 2.89. The van der Waals surface area contributed by atoms with E-state index in [1.165, 1.54) is 24.0 Å². The van der Waals surface area contributed by atoms with Gasteiger partial charge in [-0.3, -0.25) is 4.79 Å². The fourth-order valence-electron chi connectivity index (χ4n) is 3.19. The van der Waals surface area contributed by atoms with Crippen LogP contribution in [0, 0.1) is 11.3 Å². The number of allylic oxidation sites excluding steroid dienone is 3. The van der Waals surface area contributed by atoms with E-state index in [2.05, 4.69) is 33.4 Å². The smallest absolute Gasteiger partial charge is 0.136 e. The molecule has 0 radical (unpaired) electrons. The summed E-state index contributed by atoms with van der Waals surface area (Å²) in [5, 5.41) is 0. The number of hydrogen-bond acceptors (Lipinski definition) is 1. The minimum absolute atomic E-state index is 0.318. The Morgan fingerprint density at radius 1 is 1.37 bits per heavy atom. The van der Waals surface area contributed by atoms with Crippen LogP contribution in [0.25, 0.3) is 0 Å². The van der Waals surface area contributed by atoms with Crippen molar-refractivity contribution in [3.8, 4) is 0 Å². The number of carbonyl (C=O) groups is 1. The van der Waals surface area contributed by atoms with Crippen LogP contribution in [0.5, 0.6) is 0 Å². The van der Waals surface area contributed by atoms with Gasteiger partial charge in [-0.2, -0.15) is 0 Å². The number of Topliss-reactive ketones (excluding diaryl/α,β-unsaturated/α-hetero) is 1. The molecule has 1 fully saturated rings. The van der Waals surface area contributed by atoms with E-state index < -0.39 is 0 Å². The van der Waals surface area contributed by atoms with Gasteiger partial charge in [-0.25, -0.2) is 0 Å². The second-order valence-corrected chi connectivity index (χ2v) is 7.15. The second-order valence-electron chi connectivity index (χ2n) is 7.15. The Morgan fingerprint density at radius 3 is 2.63 bits per heavy atom. The molecule has 1 saturated carbocycles. The predicted octanol–water partition coefficient (Wildman–Crippen LogP) is 5.46. The van der Waals surface area contributed by atoms with Crippen LogP contribution in [-0.2, 0) is 4.79 Å². The summed E-state index contributed by atoms with van der Waals surface area (Å²) < 4.78 is 0. The number of ketones is 1. The van der Waals surface area contributed by atoms with Gasteiger partial charge in [-0.1, -0.05) is 44.1 Å². The minimum atomic E-state index is 0.318. The lowest BCUT2D eigenvalue weighted by Gasteiger charge is -2.34. The maximum absolute atomic E-state index is 12.2. The molecule has 0 N–H and O–H groups in total. The first-order valence-corrected chi connectivity index (χ1v) is 7.63. The monoisotopic (exact) mass is 262 g/mol. The Kier molecular flexibility index (Phi) is 6.03. The molecule has 0 bridgehead atoms. The molecule has 1 atom stereocenters. The van der Waals surface area contributed by atoms with Gasteiger partial charge in [0.2, 0.25) is 0 Å². The maximum atomic E-state index is 12.2. The molecule has 1 rings (SSSR count). The molecule has 1 heteroatoms. The topological polar surface area (TPSA) is 17.1 Å². The fourth-order valence-corrected chi connectivity index (χ4v) is 3.19. The summed E-state index contributed by atoms with van der Waals surface area (Å²) in [5.74, 6) is 0.797. The molecule has 0 aromatic rings. The van der Waals surface area contributed by atoms with Gasteiger partial charge in [0.15, 0.2) is 0 Å². The molecular weight excluding hydrogens is 232 g/mol. The van der Waals surface area contributed by atoms with Crippen molar-refractivity contribution in [3.05, 3.63) is 23.8 Å². The first kappa shape index (κ1) is 16.2. The van der Waals surface area contributed by atoms with Crippen molar-refractivity contribution in [3.63, 3.8) is 0 Å². The normalized spacial score (nSPS) is 23.2. The van der Waals surface area contributed by atoms with E-state index in [0.717, 1.165) is 25.7 Å². The van der Waals surface area contributed by atoms with Crippen LogP contribution >= 0.6 is 0 Å². The predicted molar refractivity (Wildman–Crippen MR) is 83.2 cm³/mol. The molecule has 0 aliphatic heterocycles. The molecule has 0 heterocycles. The quantitative estimate of drug-likeness (QED) is 0.580. The Balaban J connectivity index is 2.37. The van der Waals surface area contributed by atoms with Crippen LogP contribution < -0.4 is 0 Å². The SMILES string of the molecule is C=C(C)CC(C)=CCCC(=O)C1CCCC(C)(C)C1. The third kappa shape index (κ3) is 6.22. The molecular formula is C18H30O. The van der Waals surface area contributed by atoms with Gasteiger partial charge in [0.1, 0.15) is 5.78 Å². The zero-order valence-electron chi connectivity index (χ0n) is 13.2. The summed E-state index contributed by atoms with van der Waals surface area (Å²) >= 11 is 0. The van der Waals surface area contributed by atoms with Gasteiger partial charge in [0.25, 0.3) is 0 Å². The highest BCUT2D eigenvalue weighted by molar-refractivity contribution is 5.81. The van der Waals surface area contributed by atoms with Crippen molar-refractivity contribution < 1.29 is 4.79 Å². The molecule has 1 nitrogen and oxygen atoms in total. The highest BCUT2D eigenvalue weighted by Gasteiger charge is 2.31. The highest BCUT2D eigenvalue weighted by Crippen LogP contribution is 2.39. The summed E-state index contributed by atoms with van der Waals surface area (Å²) in [6, 6.07) is 0. The molecule has 0 amide bonds. The number of hydrogen-bond donors (Lipinski definition) is 0. The lowest BCUT2D eigenvalue weighted by atomic mass is 9.70. The third-order valence-corrected chi connectivity index (χ3v) is 4.12. The van der Waals surface area contributed by atoms with Crippen LogP contribution in [0.1, 0.15) is 72.6 Å². The van der Waals surface area contributed by atoms with E-state index in [1.807, 2.05) is 6.92 Å². The zero-order chi connectivity index (χ0) is 14.5.